The second-order valence-electron chi connectivity index (χ2n) is 6.67. The van der Waals surface area contributed by atoms with Gasteiger partial charge >= 0.3 is 5.97 Å². The van der Waals surface area contributed by atoms with E-state index in [0.29, 0.717) is 22.1 Å². The van der Waals surface area contributed by atoms with Gasteiger partial charge in [0.1, 0.15) is 16.4 Å². The van der Waals surface area contributed by atoms with Crippen LogP contribution in [0.4, 0.5) is 5.69 Å². The summed E-state index contributed by atoms with van der Waals surface area (Å²) in [7, 11) is -0.879. The predicted octanol–water partition coefficient (Wildman–Crippen LogP) is 4.14. The molecule has 3 aromatic carbocycles. The quantitative estimate of drug-likeness (QED) is 0.439. The van der Waals surface area contributed by atoms with Crippen LogP contribution in [0.25, 0.3) is 0 Å². The maximum atomic E-state index is 12.8. The zero-order chi connectivity index (χ0) is 22.9. The molecule has 0 aromatic heterocycles. The van der Waals surface area contributed by atoms with E-state index in [0.717, 1.165) is 0 Å². The fraction of sp³-hybridized carbons (Fsp3) is 0.0909. The molecule has 0 aliphatic carbocycles. The van der Waals surface area contributed by atoms with Crippen LogP contribution in [0.2, 0.25) is 5.02 Å². The van der Waals surface area contributed by atoms with Gasteiger partial charge in [-0.2, -0.15) is 8.42 Å². The number of nitrogens with zero attached hydrogens (tertiary/aromatic N) is 1. The molecule has 1 aliphatic heterocycles. The Bertz CT molecular complexity index is 1330. The number of hydrogen-bond acceptors (Lipinski definition) is 7. The monoisotopic (exact) mass is 472 g/mol. The minimum Gasteiger partial charge on any atom is -0.497 e. The van der Waals surface area contributed by atoms with E-state index < -0.39 is 16.0 Å². The van der Waals surface area contributed by atoms with Crippen LogP contribution in [-0.4, -0.2) is 34.4 Å². The lowest BCUT2D eigenvalue weighted by Crippen LogP contribution is -2.15. The van der Waals surface area contributed by atoms with Gasteiger partial charge in [-0.05, 0) is 42.5 Å². The molecule has 1 heterocycles. The molecule has 0 unspecified atom stereocenters. The summed E-state index contributed by atoms with van der Waals surface area (Å²) in [6, 6.07) is 15.6. The number of halogens is 1. The largest absolute Gasteiger partial charge is 0.497 e. The lowest BCUT2D eigenvalue weighted by molar-refractivity contribution is 0.0735. The van der Waals surface area contributed by atoms with E-state index in [1.54, 1.807) is 30.3 Å². The maximum Gasteiger partial charge on any atom is 0.343 e. The molecule has 0 amide bonds. The third kappa shape index (κ3) is 4.25. The molecule has 0 radical (unpaired) electrons. The van der Waals surface area contributed by atoms with Gasteiger partial charge in [0.2, 0.25) is 0 Å². The average Bonchev–Trinajstić information content (AvgIpc) is 3.05. The molecular weight excluding hydrogens is 456 g/mol. The summed E-state index contributed by atoms with van der Waals surface area (Å²) < 4.78 is 44.4. The minimum atomic E-state index is -3.82. The first kappa shape index (κ1) is 21.7. The van der Waals surface area contributed by atoms with Crippen LogP contribution in [0.1, 0.15) is 15.9 Å². The third-order valence-electron chi connectivity index (χ3n) is 4.62. The molecule has 0 spiro atoms. The Morgan fingerprint density at radius 1 is 0.969 bits per heavy atom. The zero-order valence-corrected chi connectivity index (χ0v) is 18.5. The van der Waals surface area contributed by atoms with Crippen molar-refractivity contribution >= 4 is 39.1 Å². The summed E-state index contributed by atoms with van der Waals surface area (Å²) in [5.41, 5.74) is 0.877. The van der Waals surface area contributed by atoms with E-state index in [4.69, 9.17) is 25.8 Å². The van der Waals surface area contributed by atoms with E-state index in [1.165, 1.54) is 44.6 Å². The van der Waals surface area contributed by atoms with E-state index in [2.05, 4.69) is 9.71 Å². The summed E-state index contributed by atoms with van der Waals surface area (Å²) in [5, 5.41) is 3.28. The zero-order valence-electron chi connectivity index (χ0n) is 17.0. The van der Waals surface area contributed by atoms with E-state index >= 15 is 0 Å². The van der Waals surface area contributed by atoms with Crippen molar-refractivity contribution < 1.29 is 27.4 Å². The fourth-order valence-electron chi connectivity index (χ4n) is 3.10. The first-order chi connectivity index (χ1) is 15.3. The Kier molecular flexibility index (Phi) is 5.77. The standard InChI is InChI=1S/C22H17ClN2O6S/c1-29-15-9-13(10-16(12-15)30-2)22(26)31-19-8-7-14(23)11-18(19)24-21-17-5-3-4-6-20(17)32(27,28)25-21/h3-12H,1-2H3,(H,24,25). The summed E-state index contributed by atoms with van der Waals surface area (Å²) in [5.74, 6) is 0.406. The van der Waals surface area contributed by atoms with Crippen molar-refractivity contribution in [2.75, 3.05) is 19.5 Å². The van der Waals surface area contributed by atoms with Crippen molar-refractivity contribution in [3.63, 3.8) is 0 Å². The molecule has 0 atom stereocenters. The van der Waals surface area contributed by atoms with Gasteiger partial charge in [0.15, 0.2) is 11.6 Å². The molecule has 1 N–H and O–H groups in total. The summed E-state index contributed by atoms with van der Waals surface area (Å²) in [4.78, 5) is 12.9. The van der Waals surface area contributed by atoms with Gasteiger partial charge in [-0.3, -0.25) is 0 Å². The lowest BCUT2D eigenvalue weighted by atomic mass is 10.2. The Balaban J connectivity index is 1.67. The number of rotatable bonds is 5. The molecular formula is C22H17ClN2O6S. The van der Waals surface area contributed by atoms with Crippen molar-refractivity contribution in [3.8, 4) is 17.2 Å². The minimum absolute atomic E-state index is 0.0894. The van der Waals surface area contributed by atoms with Crippen LogP contribution >= 0.6 is 11.6 Å². The smallest absolute Gasteiger partial charge is 0.343 e. The number of anilines is 1. The van der Waals surface area contributed by atoms with Gasteiger partial charge in [-0.1, -0.05) is 23.7 Å². The van der Waals surface area contributed by atoms with Crippen LogP contribution in [0.5, 0.6) is 17.2 Å². The molecule has 3 aromatic rings. The topological polar surface area (TPSA) is 103 Å². The Hall–Kier alpha value is -3.56. The van der Waals surface area contributed by atoms with Gasteiger partial charge in [0, 0.05) is 16.7 Å². The summed E-state index contributed by atoms with van der Waals surface area (Å²) in [6.07, 6.45) is 0. The summed E-state index contributed by atoms with van der Waals surface area (Å²) in [6.45, 7) is 0. The van der Waals surface area contributed by atoms with Crippen molar-refractivity contribution in [1.82, 2.24) is 0 Å². The van der Waals surface area contributed by atoms with Crippen LogP contribution in [-0.2, 0) is 10.0 Å². The van der Waals surface area contributed by atoms with Gasteiger partial charge in [-0.15, -0.1) is 4.40 Å². The molecule has 32 heavy (non-hydrogen) atoms. The molecule has 0 saturated heterocycles. The Morgan fingerprint density at radius 3 is 2.34 bits per heavy atom. The van der Waals surface area contributed by atoms with Crippen LogP contribution < -0.4 is 19.5 Å². The molecule has 0 fully saturated rings. The van der Waals surface area contributed by atoms with Gasteiger partial charge in [-0.25, -0.2) is 4.79 Å². The second kappa shape index (κ2) is 8.52. The highest BCUT2D eigenvalue weighted by molar-refractivity contribution is 7.90. The molecule has 10 heteroatoms. The Morgan fingerprint density at radius 2 is 1.66 bits per heavy atom. The third-order valence-corrected chi connectivity index (χ3v) is 6.19. The summed E-state index contributed by atoms with van der Waals surface area (Å²) >= 11 is 6.12. The molecule has 0 saturated carbocycles. The lowest BCUT2D eigenvalue weighted by Gasteiger charge is -2.13. The number of carbonyl (C=O) groups is 1. The number of esters is 1. The number of nitrogens with one attached hydrogen (secondary N) is 1. The van der Waals surface area contributed by atoms with Gasteiger partial charge in [0.25, 0.3) is 10.0 Å². The van der Waals surface area contributed by atoms with Gasteiger partial charge < -0.3 is 19.5 Å². The number of carbonyl (C=O) groups excluding carboxylic acids is 1. The molecule has 1 aliphatic rings. The first-order valence-corrected chi connectivity index (χ1v) is 11.1. The number of methoxy groups -OCH3 is 2. The molecule has 4 rings (SSSR count). The van der Waals surface area contributed by atoms with Crippen LogP contribution in [0.15, 0.2) is 70.0 Å². The van der Waals surface area contributed by atoms with Crippen molar-refractivity contribution in [3.05, 3.63) is 76.8 Å². The highest BCUT2D eigenvalue weighted by Crippen LogP contribution is 2.33. The highest BCUT2D eigenvalue weighted by atomic mass is 35.5. The van der Waals surface area contributed by atoms with Crippen LogP contribution in [0.3, 0.4) is 0 Å². The number of amidine groups is 1. The maximum absolute atomic E-state index is 12.8. The van der Waals surface area contributed by atoms with E-state index in [9.17, 15) is 13.2 Å². The SMILES string of the molecule is COc1cc(OC)cc(C(=O)Oc2ccc(Cl)cc2NC2=NS(=O)(=O)c3ccccc32)c1. The van der Waals surface area contributed by atoms with E-state index in [-0.39, 0.29) is 27.7 Å². The van der Waals surface area contributed by atoms with Gasteiger partial charge in [0.05, 0.1) is 25.5 Å². The number of benzene rings is 3. The van der Waals surface area contributed by atoms with E-state index in [1.807, 2.05) is 0 Å². The Labute approximate surface area is 189 Å². The normalized spacial score (nSPS) is 13.7. The number of fused-ring (bicyclic) bond motifs is 1. The fourth-order valence-corrected chi connectivity index (χ4v) is 4.44. The first-order valence-electron chi connectivity index (χ1n) is 9.27. The van der Waals surface area contributed by atoms with Crippen molar-refractivity contribution in [2.24, 2.45) is 4.40 Å². The average molecular weight is 473 g/mol. The predicted molar refractivity (Wildman–Crippen MR) is 120 cm³/mol. The number of hydrogen-bond donors (Lipinski definition) is 1. The second-order valence-corrected chi connectivity index (χ2v) is 8.68. The van der Waals surface area contributed by atoms with Crippen molar-refractivity contribution in [1.29, 1.82) is 0 Å². The van der Waals surface area contributed by atoms with Crippen molar-refractivity contribution in [2.45, 2.75) is 4.90 Å². The highest BCUT2D eigenvalue weighted by Gasteiger charge is 2.29. The number of sulfonamides is 1. The molecule has 164 valence electrons. The van der Waals surface area contributed by atoms with Crippen LogP contribution in [0, 0.1) is 0 Å². The number of ether oxygens (including phenoxy) is 3. The molecule has 8 nitrogen and oxygen atoms in total. The molecule has 0 bridgehead atoms.